The monoisotopic (exact) mass is 275 g/mol. The lowest BCUT2D eigenvalue weighted by atomic mass is 10.1. The van der Waals surface area contributed by atoms with Crippen molar-refractivity contribution in [3.63, 3.8) is 0 Å². The fourth-order valence-corrected chi connectivity index (χ4v) is 2.80. The number of aromatic hydroxyl groups is 1. The number of rotatable bonds is 2. The summed E-state index contributed by atoms with van der Waals surface area (Å²) in [7, 11) is 0. The largest absolute Gasteiger partial charge is 0.508 e. The van der Waals surface area contributed by atoms with Crippen LogP contribution < -0.4 is 4.90 Å². The number of carbonyl (C=O) groups is 1. The molecule has 98 valence electrons. The summed E-state index contributed by atoms with van der Waals surface area (Å²) in [6, 6.07) is 11.0. The van der Waals surface area contributed by atoms with Crippen LogP contribution in [0.15, 0.2) is 36.4 Å². The van der Waals surface area contributed by atoms with Gasteiger partial charge < -0.3 is 10.0 Å². The molecule has 1 aliphatic rings. The Bertz CT molecular complexity index is 641. The molecule has 1 amide bonds. The zero-order chi connectivity index (χ0) is 13.4. The van der Waals surface area contributed by atoms with Gasteiger partial charge in [-0.2, -0.15) is 0 Å². The van der Waals surface area contributed by atoms with Gasteiger partial charge in [0.25, 0.3) is 0 Å². The Morgan fingerprint density at radius 1 is 1.32 bits per heavy atom. The van der Waals surface area contributed by atoms with Gasteiger partial charge in [0.1, 0.15) is 5.75 Å². The maximum Gasteiger partial charge on any atom is 0.227 e. The first-order chi connectivity index (χ1) is 9.19. The second kappa shape index (κ2) is 4.74. The molecule has 0 spiro atoms. The van der Waals surface area contributed by atoms with E-state index in [1.807, 2.05) is 24.3 Å². The Morgan fingerprint density at radius 2 is 2.16 bits per heavy atom. The Kier molecular flexibility index (Phi) is 3.07. The molecule has 2 aromatic carbocycles. The average Bonchev–Trinajstić information content (AvgIpc) is 2.79. The molecule has 3 nitrogen and oxygen atoms in total. The smallest absolute Gasteiger partial charge is 0.227 e. The van der Waals surface area contributed by atoms with Crippen LogP contribution in [0.2, 0.25) is 0 Å². The lowest BCUT2D eigenvalue weighted by Crippen LogP contribution is -2.24. The number of nitrogens with zero attached hydrogens (tertiary/aromatic N) is 1. The number of phenolic OH excluding ortho intramolecular Hbond substituents is 1. The van der Waals surface area contributed by atoms with E-state index in [4.69, 9.17) is 11.6 Å². The van der Waals surface area contributed by atoms with Gasteiger partial charge in [-0.1, -0.05) is 18.2 Å². The third-order valence-electron chi connectivity index (χ3n) is 3.56. The first-order valence-electron chi connectivity index (χ1n) is 6.27. The van der Waals surface area contributed by atoms with E-state index in [0.29, 0.717) is 18.8 Å². The third-order valence-corrected chi connectivity index (χ3v) is 3.99. The van der Waals surface area contributed by atoms with Crippen molar-refractivity contribution in [2.75, 3.05) is 17.3 Å². The van der Waals surface area contributed by atoms with Gasteiger partial charge in [0.05, 0.1) is 5.69 Å². The van der Waals surface area contributed by atoms with E-state index in [2.05, 4.69) is 0 Å². The van der Waals surface area contributed by atoms with Crippen molar-refractivity contribution in [1.82, 2.24) is 0 Å². The fraction of sp³-hybridized carbons (Fsp3) is 0.267. The molecule has 4 heteroatoms. The molecule has 19 heavy (non-hydrogen) atoms. The quantitative estimate of drug-likeness (QED) is 0.856. The third kappa shape index (κ3) is 2.15. The Morgan fingerprint density at radius 3 is 2.89 bits per heavy atom. The van der Waals surface area contributed by atoms with E-state index in [1.54, 1.807) is 17.0 Å². The molecule has 0 aliphatic carbocycles. The molecule has 0 radical (unpaired) electrons. The number of hydrogen-bond acceptors (Lipinski definition) is 2. The van der Waals surface area contributed by atoms with Crippen LogP contribution in [0.5, 0.6) is 5.75 Å². The molecule has 1 atom stereocenters. The van der Waals surface area contributed by atoms with E-state index < -0.39 is 0 Å². The molecule has 1 fully saturated rings. The molecule has 1 aliphatic heterocycles. The number of carbonyl (C=O) groups excluding carboxylic acids is 1. The molecule has 0 bridgehead atoms. The van der Waals surface area contributed by atoms with Gasteiger partial charge in [0.2, 0.25) is 5.91 Å². The number of halogens is 1. The number of anilines is 1. The van der Waals surface area contributed by atoms with Gasteiger partial charge in [-0.3, -0.25) is 4.79 Å². The highest BCUT2D eigenvalue weighted by molar-refractivity contribution is 6.18. The second-order valence-corrected chi connectivity index (χ2v) is 5.22. The highest BCUT2D eigenvalue weighted by Crippen LogP contribution is 2.33. The summed E-state index contributed by atoms with van der Waals surface area (Å²) >= 11 is 5.85. The molecule has 1 saturated heterocycles. The lowest BCUT2D eigenvalue weighted by Gasteiger charge is -2.19. The Labute approximate surface area is 116 Å². The minimum atomic E-state index is 0.0986. The molecular weight excluding hydrogens is 262 g/mol. The van der Waals surface area contributed by atoms with Crippen LogP contribution in [0.3, 0.4) is 0 Å². The predicted octanol–water partition coefficient (Wildman–Crippen LogP) is 3.14. The molecule has 1 N–H and O–H groups in total. The molecule has 0 aromatic heterocycles. The molecule has 1 heterocycles. The molecule has 2 aromatic rings. The number of benzene rings is 2. The zero-order valence-corrected chi connectivity index (χ0v) is 11.1. The molecule has 1 unspecified atom stereocenters. The van der Waals surface area contributed by atoms with E-state index in [1.165, 1.54) is 0 Å². The van der Waals surface area contributed by atoms with Gasteiger partial charge in [0.15, 0.2) is 0 Å². The summed E-state index contributed by atoms with van der Waals surface area (Å²) in [6.07, 6.45) is 0.499. The van der Waals surface area contributed by atoms with Crippen molar-refractivity contribution in [1.29, 1.82) is 0 Å². The van der Waals surface area contributed by atoms with Gasteiger partial charge in [0, 0.05) is 24.2 Å². The maximum absolute atomic E-state index is 12.1. The standard InChI is InChI=1S/C15H14ClNO2/c16-8-10-6-15(19)17(9-10)14-3-1-2-11-4-5-12(18)7-13(11)14/h1-5,7,10,18H,6,8-9H2. The van der Waals surface area contributed by atoms with Gasteiger partial charge in [-0.25, -0.2) is 0 Å². The normalized spacial score (nSPS) is 19.3. The summed E-state index contributed by atoms with van der Waals surface area (Å²) < 4.78 is 0. The van der Waals surface area contributed by atoms with Crippen molar-refractivity contribution in [3.8, 4) is 5.75 Å². The van der Waals surface area contributed by atoms with Crippen molar-refractivity contribution in [2.24, 2.45) is 5.92 Å². The maximum atomic E-state index is 12.1. The number of hydrogen-bond donors (Lipinski definition) is 1. The summed E-state index contributed by atoms with van der Waals surface area (Å²) in [5, 5.41) is 11.5. The zero-order valence-electron chi connectivity index (χ0n) is 10.3. The first-order valence-corrected chi connectivity index (χ1v) is 6.80. The van der Waals surface area contributed by atoms with Crippen molar-refractivity contribution >= 4 is 34.0 Å². The second-order valence-electron chi connectivity index (χ2n) is 4.91. The summed E-state index contributed by atoms with van der Waals surface area (Å²) in [5.41, 5.74) is 0.853. The van der Waals surface area contributed by atoms with Crippen LogP contribution in [0.4, 0.5) is 5.69 Å². The Balaban J connectivity index is 2.10. The predicted molar refractivity (Wildman–Crippen MR) is 76.8 cm³/mol. The minimum absolute atomic E-state index is 0.0986. The summed E-state index contributed by atoms with van der Waals surface area (Å²) in [6.45, 7) is 0.650. The van der Waals surface area contributed by atoms with Crippen LogP contribution in [0.1, 0.15) is 6.42 Å². The topological polar surface area (TPSA) is 40.5 Å². The first kappa shape index (κ1) is 12.3. The van der Waals surface area contributed by atoms with Crippen LogP contribution in [-0.4, -0.2) is 23.4 Å². The van der Waals surface area contributed by atoms with Gasteiger partial charge in [-0.05, 0) is 29.5 Å². The minimum Gasteiger partial charge on any atom is -0.508 e. The molecule has 0 saturated carbocycles. The number of alkyl halides is 1. The highest BCUT2D eigenvalue weighted by Gasteiger charge is 2.30. The van der Waals surface area contributed by atoms with Crippen LogP contribution in [-0.2, 0) is 4.79 Å². The van der Waals surface area contributed by atoms with Crippen LogP contribution in [0.25, 0.3) is 10.8 Å². The van der Waals surface area contributed by atoms with Crippen molar-refractivity contribution < 1.29 is 9.90 Å². The SMILES string of the molecule is O=C1CC(CCl)CN1c1cccc2ccc(O)cc12. The fourth-order valence-electron chi connectivity index (χ4n) is 2.60. The Hall–Kier alpha value is -1.74. The van der Waals surface area contributed by atoms with E-state index in [0.717, 1.165) is 16.5 Å². The number of fused-ring (bicyclic) bond motifs is 1. The highest BCUT2D eigenvalue weighted by atomic mass is 35.5. The molecule has 3 rings (SSSR count). The van der Waals surface area contributed by atoms with E-state index in [-0.39, 0.29) is 17.6 Å². The number of phenols is 1. The molecular formula is C15H14ClNO2. The van der Waals surface area contributed by atoms with E-state index in [9.17, 15) is 9.90 Å². The lowest BCUT2D eigenvalue weighted by molar-refractivity contribution is -0.117. The summed E-state index contributed by atoms with van der Waals surface area (Å²) in [4.78, 5) is 13.9. The van der Waals surface area contributed by atoms with Gasteiger partial charge >= 0.3 is 0 Å². The van der Waals surface area contributed by atoms with Crippen molar-refractivity contribution in [2.45, 2.75) is 6.42 Å². The average molecular weight is 276 g/mol. The summed E-state index contributed by atoms with van der Waals surface area (Å²) in [5.74, 6) is 1.02. The van der Waals surface area contributed by atoms with Gasteiger partial charge in [-0.15, -0.1) is 11.6 Å². The van der Waals surface area contributed by atoms with Crippen LogP contribution >= 0.6 is 11.6 Å². The van der Waals surface area contributed by atoms with E-state index >= 15 is 0 Å². The van der Waals surface area contributed by atoms with Crippen LogP contribution in [0, 0.1) is 5.92 Å². The van der Waals surface area contributed by atoms with Crippen molar-refractivity contribution in [3.05, 3.63) is 36.4 Å². The number of amides is 1.